The van der Waals surface area contributed by atoms with Crippen molar-refractivity contribution < 1.29 is 14.2 Å². The number of methoxy groups -OCH3 is 1. The number of hydrogen-bond donors (Lipinski definition) is 1. The third kappa shape index (κ3) is 4.36. The predicted octanol–water partition coefficient (Wildman–Crippen LogP) is 3.26. The molecule has 1 atom stereocenters. The average Bonchev–Trinajstić information content (AvgIpc) is 2.62. The molecule has 1 aromatic carbocycles. The van der Waals surface area contributed by atoms with Crippen LogP contribution in [-0.4, -0.2) is 31.8 Å². The number of pyridine rings is 1. The van der Waals surface area contributed by atoms with E-state index in [9.17, 15) is 0 Å². The fourth-order valence-corrected chi connectivity index (χ4v) is 2.59. The molecule has 0 bridgehead atoms. The first kappa shape index (κ1) is 15.6. The number of nitrogens with one attached hydrogen (secondary N) is 1. The van der Waals surface area contributed by atoms with Gasteiger partial charge in [-0.05, 0) is 55.8 Å². The first-order valence-electron chi connectivity index (χ1n) is 7.95. The molecule has 1 fully saturated rings. The fraction of sp³-hybridized carbons (Fsp3) is 0.389. The van der Waals surface area contributed by atoms with Crippen molar-refractivity contribution in [3.8, 4) is 23.1 Å². The number of benzene rings is 1. The maximum absolute atomic E-state index is 5.94. The zero-order valence-electron chi connectivity index (χ0n) is 13.3. The van der Waals surface area contributed by atoms with Crippen molar-refractivity contribution in [2.24, 2.45) is 5.92 Å². The molecular formula is C18H22N2O3. The monoisotopic (exact) mass is 314 g/mol. The summed E-state index contributed by atoms with van der Waals surface area (Å²) in [6.45, 7) is 2.79. The van der Waals surface area contributed by atoms with Crippen molar-refractivity contribution in [3.05, 3.63) is 42.6 Å². The second-order valence-corrected chi connectivity index (χ2v) is 5.61. The summed E-state index contributed by atoms with van der Waals surface area (Å²) < 4.78 is 16.9. The van der Waals surface area contributed by atoms with E-state index in [2.05, 4.69) is 10.3 Å². The molecule has 0 aliphatic carbocycles. The van der Waals surface area contributed by atoms with Crippen LogP contribution in [-0.2, 0) is 0 Å². The minimum Gasteiger partial charge on any atom is -0.497 e. The molecule has 0 amide bonds. The van der Waals surface area contributed by atoms with Gasteiger partial charge in [-0.2, -0.15) is 0 Å². The van der Waals surface area contributed by atoms with Crippen molar-refractivity contribution in [2.75, 3.05) is 26.8 Å². The van der Waals surface area contributed by atoms with Gasteiger partial charge in [0.25, 0.3) is 5.88 Å². The molecule has 122 valence electrons. The van der Waals surface area contributed by atoms with Gasteiger partial charge in [0.2, 0.25) is 0 Å². The summed E-state index contributed by atoms with van der Waals surface area (Å²) in [7, 11) is 1.64. The number of hydrogen-bond acceptors (Lipinski definition) is 5. The lowest BCUT2D eigenvalue weighted by molar-refractivity contribution is 0.212. The summed E-state index contributed by atoms with van der Waals surface area (Å²) in [4.78, 5) is 4.29. The topological polar surface area (TPSA) is 52.6 Å². The van der Waals surface area contributed by atoms with Crippen LogP contribution in [0.15, 0.2) is 42.6 Å². The molecule has 23 heavy (non-hydrogen) atoms. The van der Waals surface area contributed by atoms with Crippen LogP contribution in [0.3, 0.4) is 0 Å². The van der Waals surface area contributed by atoms with Crippen molar-refractivity contribution in [3.63, 3.8) is 0 Å². The minimum absolute atomic E-state index is 0.487. The molecule has 2 heterocycles. The third-order valence-electron chi connectivity index (χ3n) is 3.88. The molecule has 1 unspecified atom stereocenters. The quantitative estimate of drug-likeness (QED) is 0.887. The van der Waals surface area contributed by atoms with E-state index in [-0.39, 0.29) is 0 Å². The van der Waals surface area contributed by atoms with E-state index in [1.807, 2.05) is 36.4 Å². The third-order valence-corrected chi connectivity index (χ3v) is 3.88. The van der Waals surface area contributed by atoms with Gasteiger partial charge in [-0.15, -0.1) is 0 Å². The highest BCUT2D eigenvalue weighted by atomic mass is 16.5. The van der Waals surface area contributed by atoms with E-state index in [0.717, 1.165) is 18.8 Å². The number of piperidine rings is 1. The lowest BCUT2D eigenvalue weighted by Gasteiger charge is -2.23. The first-order valence-corrected chi connectivity index (χ1v) is 7.95. The number of aromatic nitrogens is 1. The van der Waals surface area contributed by atoms with Crippen molar-refractivity contribution in [1.82, 2.24) is 10.3 Å². The Morgan fingerprint density at radius 2 is 2.00 bits per heavy atom. The Morgan fingerprint density at radius 3 is 2.74 bits per heavy atom. The van der Waals surface area contributed by atoms with Crippen LogP contribution in [0, 0.1) is 5.92 Å². The predicted molar refractivity (Wildman–Crippen MR) is 88.4 cm³/mol. The van der Waals surface area contributed by atoms with E-state index < -0.39 is 0 Å². The maximum atomic E-state index is 5.94. The molecule has 5 nitrogen and oxygen atoms in total. The lowest BCUT2D eigenvalue weighted by Crippen LogP contribution is -2.33. The van der Waals surface area contributed by atoms with Gasteiger partial charge >= 0.3 is 0 Å². The van der Waals surface area contributed by atoms with Crippen molar-refractivity contribution in [1.29, 1.82) is 0 Å². The minimum atomic E-state index is 0.487. The Labute approximate surface area is 136 Å². The Morgan fingerprint density at radius 1 is 1.17 bits per heavy atom. The van der Waals surface area contributed by atoms with Gasteiger partial charge < -0.3 is 19.5 Å². The summed E-state index contributed by atoms with van der Waals surface area (Å²) in [5.74, 6) is 3.20. The van der Waals surface area contributed by atoms with Crippen LogP contribution in [0.2, 0.25) is 0 Å². The molecule has 1 aliphatic heterocycles. The van der Waals surface area contributed by atoms with E-state index in [0.29, 0.717) is 29.9 Å². The van der Waals surface area contributed by atoms with E-state index in [1.165, 1.54) is 12.8 Å². The van der Waals surface area contributed by atoms with Gasteiger partial charge in [0, 0.05) is 18.7 Å². The van der Waals surface area contributed by atoms with Gasteiger partial charge in [-0.1, -0.05) is 0 Å². The van der Waals surface area contributed by atoms with Crippen LogP contribution >= 0.6 is 0 Å². The Bertz CT molecular complexity index is 610. The molecular weight excluding hydrogens is 292 g/mol. The molecule has 0 spiro atoms. The van der Waals surface area contributed by atoms with Crippen LogP contribution in [0.5, 0.6) is 23.1 Å². The standard InChI is InChI=1S/C18H22N2O3/c1-21-15-6-8-16(9-7-15)23-18-17(5-3-11-20-18)22-13-14-4-2-10-19-12-14/h3,5-9,11,14,19H,2,4,10,12-13H2,1H3. The number of ether oxygens (including phenoxy) is 3. The highest BCUT2D eigenvalue weighted by molar-refractivity contribution is 5.38. The highest BCUT2D eigenvalue weighted by Crippen LogP contribution is 2.30. The summed E-state index contributed by atoms with van der Waals surface area (Å²) in [5.41, 5.74) is 0. The van der Waals surface area contributed by atoms with Crippen molar-refractivity contribution >= 4 is 0 Å². The van der Waals surface area contributed by atoms with E-state index >= 15 is 0 Å². The van der Waals surface area contributed by atoms with Gasteiger partial charge in [0.1, 0.15) is 11.5 Å². The number of rotatable bonds is 6. The molecule has 1 N–H and O–H groups in total. The van der Waals surface area contributed by atoms with Gasteiger partial charge in [0.15, 0.2) is 5.75 Å². The molecule has 1 aromatic heterocycles. The molecule has 0 saturated carbocycles. The average molecular weight is 314 g/mol. The molecule has 1 saturated heterocycles. The van der Waals surface area contributed by atoms with Crippen LogP contribution in [0.1, 0.15) is 12.8 Å². The smallest absolute Gasteiger partial charge is 0.262 e. The Balaban J connectivity index is 1.64. The molecule has 5 heteroatoms. The normalized spacial score (nSPS) is 17.5. The summed E-state index contributed by atoms with van der Waals surface area (Å²) >= 11 is 0. The van der Waals surface area contributed by atoms with E-state index in [1.54, 1.807) is 13.3 Å². The second kappa shape index (κ2) is 7.83. The number of nitrogens with zero attached hydrogens (tertiary/aromatic N) is 1. The zero-order chi connectivity index (χ0) is 15.9. The first-order chi connectivity index (χ1) is 11.3. The SMILES string of the molecule is COc1ccc(Oc2ncccc2OCC2CCCNC2)cc1. The molecule has 0 radical (unpaired) electrons. The zero-order valence-corrected chi connectivity index (χ0v) is 13.3. The van der Waals surface area contributed by atoms with E-state index in [4.69, 9.17) is 14.2 Å². The maximum Gasteiger partial charge on any atom is 0.262 e. The Hall–Kier alpha value is -2.27. The lowest BCUT2D eigenvalue weighted by atomic mass is 10.0. The summed E-state index contributed by atoms with van der Waals surface area (Å²) in [6, 6.07) is 11.2. The van der Waals surface area contributed by atoms with Gasteiger partial charge in [-0.25, -0.2) is 4.98 Å². The van der Waals surface area contributed by atoms with Crippen LogP contribution in [0.4, 0.5) is 0 Å². The molecule has 3 rings (SSSR count). The summed E-state index contributed by atoms with van der Waals surface area (Å²) in [6.07, 6.45) is 4.10. The Kier molecular flexibility index (Phi) is 5.32. The van der Waals surface area contributed by atoms with Crippen LogP contribution < -0.4 is 19.5 Å². The van der Waals surface area contributed by atoms with Crippen LogP contribution in [0.25, 0.3) is 0 Å². The summed E-state index contributed by atoms with van der Waals surface area (Å²) in [5, 5.41) is 3.40. The van der Waals surface area contributed by atoms with Crippen molar-refractivity contribution in [2.45, 2.75) is 12.8 Å². The van der Waals surface area contributed by atoms with Gasteiger partial charge in [-0.3, -0.25) is 0 Å². The molecule has 1 aliphatic rings. The fourth-order valence-electron chi connectivity index (χ4n) is 2.59. The van der Waals surface area contributed by atoms with Gasteiger partial charge in [0.05, 0.1) is 13.7 Å². The second-order valence-electron chi connectivity index (χ2n) is 5.61. The largest absolute Gasteiger partial charge is 0.497 e. The highest BCUT2D eigenvalue weighted by Gasteiger charge is 2.15. The molecule has 2 aromatic rings.